The minimum atomic E-state index is -0.211. The van der Waals surface area contributed by atoms with Crippen molar-refractivity contribution in [3.05, 3.63) is 53.1 Å². The third-order valence-corrected chi connectivity index (χ3v) is 3.59. The molecule has 0 radical (unpaired) electrons. The van der Waals surface area contributed by atoms with E-state index in [-0.39, 0.29) is 18.2 Å². The quantitative estimate of drug-likeness (QED) is 0.834. The molecule has 0 atom stereocenters. The number of nitrogens with one attached hydrogen (secondary N) is 1. The Bertz CT molecular complexity index is 739. The molecule has 0 unspecified atom stereocenters. The first kappa shape index (κ1) is 16.5. The van der Waals surface area contributed by atoms with Gasteiger partial charge in [-0.05, 0) is 43.2 Å². The van der Waals surface area contributed by atoms with Crippen molar-refractivity contribution in [2.45, 2.75) is 13.8 Å². The summed E-state index contributed by atoms with van der Waals surface area (Å²) in [5, 5.41) is 12.8. The zero-order valence-electron chi connectivity index (χ0n) is 13.5. The summed E-state index contributed by atoms with van der Waals surface area (Å²) in [6.07, 6.45) is 1.46. The van der Waals surface area contributed by atoms with E-state index in [1.807, 2.05) is 32.0 Å². The number of nitrogens with zero attached hydrogens (tertiary/aromatic N) is 1. The Morgan fingerprint density at radius 2 is 2.00 bits per heavy atom. The van der Waals surface area contributed by atoms with Crippen LogP contribution in [0.25, 0.3) is 0 Å². The number of aliphatic imine (C=N–C) groups is 1. The fourth-order valence-corrected chi connectivity index (χ4v) is 2.11. The number of carbonyl (C=O) groups excluding carboxylic acids is 1. The largest absolute Gasteiger partial charge is 0.504 e. The van der Waals surface area contributed by atoms with Gasteiger partial charge < -0.3 is 15.2 Å². The zero-order valence-corrected chi connectivity index (χ0v) is 13.5. The van der Waals surface area contributed by atoms with Crippen LogP contribution >= 0.6 is 0 Å². The molecule has 5 nitrogen and oxygen atoms in total. The molecule has 0 heterocycles. The van der Waals surface area contributed by atoms with Gasteiger partial charge in [-0.2, -0.15) is 0 Å². The van der Waals surface area contributed by atoms with Crippen molar-refractivity contribution in [3.63, 3.8) is 0 Å². The second-order valence-corrected chi connectivity index (χ2v) is 5.16. The number of phenolic OH excluding ortho intramolecular Hbond substituents is 1. The molecule has 0 saturated carbocycles. The molecule has 2 rings (SSSR count). The third-order valence-electron chi connectivity index (χ3n) is 3.59. The summed E-state index contributed by atoms with van der Waals surface area (Å²) in [6.45, 7) is 3.93. The fraction of sp³-hybridized carbons (Fsp3) is 0.222. The van der Waals surface area contributed by atoms with Crippen molar-refractivity contribution in [2.75, 3.05) is 19.0 Å². The molecule has 0 bridgehead atoms. The maximum absolute atomic E-state index is 12.0. The molecule has 23 heavy (non-hydrogen) atoms. The summed E-state index contributed by atoms with van der Waals surface area (Å²) >= 11 is 0. The van der Waals surface area contributed by atoms with E-state index >= 15 is 0 Å². The number of ether oxygens (including phenoxy) is 1. The van der Waals surface area contributed by atoms with Gasteiger partial charge in [-0.1, -0.05) is 18.2 Å². The smallest absolute Gasteiger partial charge is 0.246 e. The van der Waals surface area contributed by atoms with Crippen LogP contribution < -0.4 is 10.1 Å². The Morgan fingerprint density at radius 3 is 2.74 bits per heavy atom. The van der Waals surface area contributed by atoms with Crippen molar-refractivity contribution in [1.82, 2.24) is 0 Å². The number of para-hydroxylation sites is 1. The number of phenols is 1. The summed E-state index contributed by atoms with van der Waals surface area (Å²) in [7, 11) is 1.48. The van der Waals surface area contributed by atoms with Crippen LogP contribution in [0.15, 0.2) is 41.4 Å². The standard InChI is InChI=1S/C18H20N2O3/c1-12-6-4-8-15(13(12)2)20-17(21)11-19-10-14-7-5-9-16(23-3)18(14)22/h4-10,22H,11H2,1-3H3,(H,20,21). The van der Waals surface area contributed by atoms with Crippen LogP contribution in [0, 0.1) is 13.8 Å². The van der Waals surface area contributed by atoms with Crippen molar-refractivity contribution in [1.29, 1.82) is 0 Å². The van der Waals surface area contributed by atoms with E-state index in [0.29, 0.717) is 11.3 Å². The lowest BCUT2D eigenvalue weighted by Crippen LogP contribution is -2.15. The van der Waals surface area contributed by atoms with Crippen LogP contribution in [-0.4, -0.2) is 30.9 Å². The molecule has 0 fully saturated rings. The second kappa shape index (κ2) is 7.45. The minimum Gasteiger partial charge on any atom is -0.504 e. The lowest BCUT2D eigenvalue weighted by Gasteiger charge is -2.09. The van der Waals surface area contributed by atoms with E-state index in [0.717, 1.165) is 16.8 Å². The maximum Gasteiger partial charge on any atom is 0.246 e. The van der Waals surface area contributed by atoms with E-state index in [1.54, 1.807) is 18.2 Å². The second-order valence-electron chi connectivity index (χ2n) is 5.16. The minimum absolute atomic E-state index is 0.00804. The summed E-state index contributed by atoms with van der Waals surface area (Å²) in [5.74, 6) is 0.166. The van der Waals surface area contributed by atoms with Gasteiger partial charge in [0.15, 0.2) is 11.5 Å². The normalized spacial score (nSPS) is 10.7. The predicted molar refractivity (Wildman–Crippen MR) is 91.7 cm³/mol. The van der Waals surface area contributed by atoms with E-state index in [4.69, 9.17) is 4.74 Å². The molecule has 0 aliphatic carbocycles. The Balaban J connectivity index is 2.00. The van der Waals surface area contributed by atoms with Gasteiger partial charge in [-0.15, -0.1) is 0 Å². The number of aromatic hydroxyl groups is 1. The van der Waals surface area contributed by atoms with Crippen LogP contribution in [0.3, 0.4) is 0 Å². The predicted octanol–water partition coefficient (Wildman–Crippen LogP) is 3.08. The molecular weight excluding hydrogens is 292 g/mol. The molecular formula is C18H20N2O3. The number of anilines is 1. The van der Waals surface area contributed by atoms with Crippen molar-refractivity contribution < 1.29 is 14.6 Å². The molecule has 120 valence electrons. The summed E-state index contributed by atoms with van der Waals surface area (Å²) in [6, 6.07) is 10.8. The van der Waals surface area contributed by atoms with Gasteiger partial charge in [-0.25, -0.2) is 0 Å². The van der Waals surface area contributed by atoms with Gasteiger partial charge in [0.05, 0.1) is 7.11 Å². The monoisotopic (exact) mass is 312 g/mol. The Labute approximate surface area is 135 Å². The van der Waals surface area contributed by atoms with E-state index in [2.05, 4.69) is 10.3 Å². The molecule has 0 spiro atoms. The maximum atomic E-state index is 12.0. The first-order valence-electron chi connectivity index (χ1n) is 7.24. The van der Waals surface area contributed by atoms with Crippen LogP contribution in [-0.2, 0) is 4.79 Å². The molecule has 0 aliphatic rings. The molecule has 0 saturated heterocycles. The van der Waals surface area contributed by atoms with Gasteiger partial charge in [0.1, 0.15) is 6.54 Å². The highest BCUT2D eigenvalue weighted by molar-refractivity contribution is 5.95. The summed E-state index contributed by atoms with van der Waals surface area (Å²) in [5.41, 5.74) is 3.45. The number of benzene rings is 2. The number of methoxy groups -OCH3 is 1. The number of amides is 1. The Morgan fingerprint density at radius 1 is 1.26 bits per heavy atom. The van der Waals surface area contributed by atoms with E-state index in [1.165, 1.54) is 13.3 Å². The molecule has 5 heteroatoms. The fourth-order valence-electron chi connectivity index (χ4n) is 2.11. The average Bonchev–Trinajstić information content (AvgIpc) is 2.53. The number of carbonyl (C=O) groups is 1. The first-order chi connectivity index (χ1) is 11.0. The SMILES string of the molecule is COc1cccc(C=NCC(=O)Nc2cccc(C)c2C)c1O. The van der Waals surface area contributed by atoms with Gasteiger partial charge >= 0.3 is 0 Å². The lowest BCUT2D eigenvalue weighted by molar-refractivity contribution is -0.114. The van der Waals surface area contributed by atoms with Gasteiger partial charge in [0.25, 0.3) is 0 Å². The van der Waals surface area contributed by atoms with Crippen LogP contribution in [0.1, 0.15) is 16.7 Å². The first-order valence-corrected chi connectivity index (χ1v) is 7.24. The van der Waals surface area contributed by atoms with E-state index < -0.39 is 0 Å². The lowest BCUT2D eigenvalue weighted by atomic mass is 10.1. The number of hydrogen-bond acceptors (Lipinski definition) is 4. The zero-order chi connectivity index (χ0) is 16.8. The number of aryl methyl sites for hydroxylation is 1. The summed E-state index contributed by atoms with van der Waals surface area (Å²) < 4.78 is 5.03. The van der Waals surface area contributed by atoms with Crippen molar-refractivity contribution in [3.8, 4) is 11.5 Å². The van der Waals surface area contributed by atoms with Crippen molar-refractivity contribution in [2.24, 2.45) is 4.99 Å². The van der Waals surface area contributed by atoms with Gasteiger partial charge in [-0.3, -0.25) is 9.79 Å². The molecule has 2 N–H and O–H groups in total. The molecule has 0 aromatic heterocycles. The highest BCUT2D eigenvalue weighted by Gasteiger charge is 2.06. The average molecular weight is 312 g/mol. The molecule has 2 aromatic carbocycles. The number of rotatable bonds is 5. The van der Waals surface area contributed by atoms with Crippen LogP contribution in [0.5, 0.6) is 11.5 Å². The van der Waals surface area contributed by atoms with Gasteiger partial charge in [0, 0.05) is 17.5 Å². The summed E-state index contributed by atoms with van der Waals surface area (Å²) in [4.78, 5) is 16.0. The topological polar surface area (TPSA) is 70.9 Å². The molecule has 0 aliphatic heterocycles. The van der Waals surface area contributed by atoms with Gasteiger partial charge in [0.2, 0.25) is 5.91 Å². The molecule has 2 aromatic rings. The Hall–Kier alpha value is -2.82. The third kappa shape index (κ3) is 4.10. The van der Waals surface area contributed by atoms with Crippen LogP contribution in [0.4, 0.5) is 5.69 Å². The number of hydrogen-bond donors (Lipinski definition) is 2. The van der Waals surface area contributed by atoms with Crippen LogP contribution in [0.2, 0.25) is 0 Å². The van der Waals surface area contributed by atoms with E-state index in [9.17, 15) is 9.90 Å². The Kier molecular flexibility index (Phi) is 5.36. The van der Waals surface area contributed by atoms with Crippen molar-refractivity contribution >= 4 is 17.8 Å². The highest BCUT2D eigenvalue weighted by atomic mass is 16.5. The molecule has 1 amide bonds. The highest BCUT2D eigenvalue weighted by Crippen LogP contribution is 2.28.